The summed E-state index contributed by atoms with van der Waals surface area (Å²) in [5, 5.41) is 2.83. The van der Waals surface area contributed by atoms with Gasteiger partial charge in [0.05, 0.1) is 12.8 Å². The molecule has 2 heterocycles. The number of benzene rings is 1. The second-order valence-electron chi connectivity index (χ2n) is 6.06. The molecule has 1 aromatic carbocycles. The summed E-state index contributed by atoms with van der Waals surface area (Å²) in [6.45, 7) is 3.35. The first-order chi connectivity index (χ1) is 11.7. The molecule has 1 aromatic heterocycles. The lowest BCUT2D eigenvalue weighted by Gasteiger charge is -2.13. The van der Waals surface area contributed by atoms with E-state index in [0.29, 0.717) is 12.4 Å². The average Bonchev–Trinajstić information content (AvgIpc) is 3.27. The Morgan fingerprint density at radius 1 is 1.29 bits per heavy atom. The molecule has 6 nitrogen and oxygen atoms in total. The number of nitrogens with zero attached hydrogens (tertiary/aromatic N) is 2. The van der Waals surface area contributed by atoms with E-state index in [0.717, 1.165) is 30.0 Å². The molecule has 0 bridgehead atoms. The third-order valence-electron chi connectivity index (χ3n) is 4.30. The normalized spacial score (nSPS) is 14.7. The van der Waals surface area contributed by atoms with Crippen molar-refractivity contribution >= 4 is 11.9 Å². The minimum Gasteiger partial charge on any atom is -0.497 e. The van der Waals surface area contributed by atoms with Gasteiger partial charge in [-0.15, -0.1) is 0 Å². The highest BCUT2D eigenvalue weighted by Crippen LogP contribution is 2.21. The van der Waals surface area contributed by atoms with Crippen LogP contribution in [-0.2, 0) is 4.79 Å². The molecule has 2 N–H and O–H groups in total. The summed E-state index contributed by atoms with van der Waals surface area (Å²) >= 11 is 0. The fraction of sp³-hybridized carbons (Fsp3) is 0.444. The quantitative estimate of drug-likeness (QED) is 0.820. The molecule has 0 saturated carbocycles. The number of rotatable bonds is 7. The van der Waals surface area contributed by atoms with Crippen LogP contribution >= 0.6 is 0 Å². The van der Waals surface area contributed by atoms with E-state index in [9.17, 15) is 4.79 Å². The zero-order valence-electron chi connectivity index (χ0n) is 14.0. The summed E-state index contributed by atoms with van der Waals surface area (Å²) in [5.74, 6) is 1.30. The average molecular weight is 328 g/mol. The van der Waals surface area contributed by atoms with Crippen LogP contribution in [0.3, 0.4) is 0 Å². The Hall–Kier alpha value is -2.34. The topological polar surface area (TPSA) is 70.2 Å². The van der Waals surface area contributed by atoms with Crippen LogP contribution in [0.25, 0.3) is 11.3 Å². The van der Waals surface area contributed by atoms with Crippen molar-refractivity contribution in [1.82, 2.24) is 14.9 Å². The molecule has 1 fully saturated rings. The fourth-order valence-electron chi connectivity index (χ4n) is 2.96. The summed E-state index contributed by atoms with van der Waals surface area (Å²) in [4.78, 5) is 21.9. The Balaban J connectivity index is 1.48. The van der Waals surface area contributed by atoms with Gasteiger partial charge in [0.1, 0.15) is 5.75 Å². The third kappa shape index (κ3) is 4.35. The number of likely N-dealkylation sites (tertiary alicyclic amines) is 1. The maximum Gasteiger partial charge on any atom is 0.226 e. The van der Waals surface area contributed by atoms with Crippen LogP contribution < -0.4 is 10.1 Å². The molecular formula is C18H24N4O2. The lowest BCUT2D eigenvalue weighted by Crippen LogP contribution is -2.22. The Morgan fingerprint density at radius 2 is 2.04 bits per heavy atom. The van der Waals surface area contributed by atoms with Gasteiger partial charge in [-0.05, 0) is 63.2 Å². The number of hydrogen-bond acceptors (Lipinski definition) is 4. The van der Waals surface area contributed by atoms with Crippen LogP contribution in [0.5, 0.6) is 5.75 Å². The largest absolute Gasteiger partial charge is 0.497 e. The number of carbonyl (C=O) groups is 1. The van der Waals surface area contributed by atoms with E-state index in [2.05, 4.69) is 20.2 Å². The number of hydrogen-bond donors (Lipinski definition) is 2. The predicted molar refractivity (Wildman–Crippen MR) is 94.1 cm³/mol. The number of H-pyrrole nitrogens is 1. The van der Waals surface area contributed by atoms with Gasteiger partial charge in [0, 0.05) is 18.2 Å². The summed E-state index contributed by atoms with van der Waals surface area (Å²) < 4.78 is 5.15. The number of aromatic nitrogens is 2. The summed E-state index contributed by atoms with van der Waals surface area (Å²) in [7, 11) is 1.64. The molecule has 1 aliphatic heterocycles. The zero-order valence-corrected chi connectivity index (χ0v) is 14.0. The van der Waals surface area contributed by atoms with Crippen molar-refractivity contribution in [3.63, 3.8) is 0 Å². The molecule has 0 radical (unpaired) electrons. The van der Waals surface area contributed by atoms with Crippen LogP contribution in [0.1, 0.15) is 25.7 Å². The van der Waals surface area contributed by atoms with Gasteiger partial charge < -0.3 is 14.6 Å². The van der Waals surface area contributed by atoms with Crippen LogP contribution in [0.2, 0.25) is 0 Å². The van der Waals surface area contributed by atoms with Crippen LogP contribution in [0.15, 0.2) is 30.5 Å². The number of methoxy groups -OCH3 is 1. The Bertz CT molecular complexity index is 660. The van der Waals surface area contributed by atoms with Gasteiger partial charge in [-0.25, -0.2) is 4.98 Å². The van der Waals surface area contributed by atoms with Crippen molar-refractivity contribution in [3.8, 4) is 17.0 Å². The lowest BCUT2D eigenvalue weighted by atomic mass is 10.2. The van der Waals surface area contributed by atoms with Crippen molar-refractivity contribution in [2.75, 3.05) is 32.1 Å². The maximum absolute atomic E-state index is 12.0. The van der Waals surface area contributed by atoms with Crippen LogP contribution in [0, 0.1) is 0 Å². The number of anilines is 1. The minimum absolute atomic E-state index is 0.00447. The monoisotopic (exact) mass is 328 g/mol. The standard InChI is InChI=1S/C18H24N4O2/c1-24-15-8-6-14(7-9-15)16-13-19-18(20-16)21-17(23)5-4-12-22-10-2-3-11-22/h6-9,13H,2-5,10-12H2,1H3,(H2,19,20,21,23). The van der Waals surface area contributed by atoms with E-state index in [1.165, 1.54) is 25.9 Å². The van der Waals surface area contributed by atoms with Gasteiger partial charge in [-0.2, -0.15) is 0 Å². The molecule has 0 unspecified atom stereocenters. The molecule has 1 saturated heterocycles. The van der Waals surface area contributed by atoms with E-state index in [1.54, 1.807) is 13.3 Å². The van der Waals surface area contributed by atoms with E-state index >= 15 is 0 Å². The number of imidazole rings is 1. The van der Waals surface area contributed by atoms with Crippen molar-refractivity contribution in [2.24, 2.45) is 0 Å². The van der Waals surface area contributed by atoms with E-state index in [-0.39, 0.29) is 5.91 Å². The number of ether oxygens (including phenoxy) is 1. The first-order valence-corrected chi connectivity index (χ1v) is 8.46. The third-order valence-corrected chi connectivity index (χ3v) is 4.30. The van der Waals surface area contributed by atoms with Gasteiger partial charge in [-0.3, -0.25) is 10.1 Å². The molecule has 3 rings (SSSR count). The van der Waals surface area contributed by atoms with E-state index < -0.39 is 0 Å². The van der Waals surface area contributed by atoms with Crippen molar-refractivity contribution < 1.29 is 9.53 Å². The summed E-state index contributed by atoms with van der Waals surface area (Å²) in [6, 6.07) is 7.66. The number of carbonyl (C=O) groups excluding carboxylic acids is 1. The Morgan fingerprint density at radius 3 is 2.75 bits per heavy atom. The van der Waals surface area contributed by atoms with Crippen molar-refractivity contribution in [1.29, 1.82) is 0 Å². The molecule has 0 aliphatic carbocycles. The lowest BCUT2D eigenvalue weighted by molar-refractivity contribution is -0.116. The van der Waals surface area contributed by atoms with Crippen molar-refractivity contribution in [2.45, 2.75) is 25.7 Å². The second kappa shape index (κ2) is 7.97. The smallest absolute Gasteiger partial charge is 0.226 e. The SMILES string of the molecule is COc1ccc(-c2c[nH]c(NC(=O)CCCN3CCCC3)n2)cc1. The highest BCUT2D eigenvalue weighted by atomic mass is 16.5. The predicted octanol–water partition coefficient (Wildman–Crippen LogP) is 2.90. The first-order valence-electron chi connectivity index (χ1n) is 8.46. The summed E-state index contributed by atoms with van der Waals surface area (Å²) in [6.07, 6.45) is 5.77. The Kier molecular flexibility index (Phi) is 5.48. The van der Waals surface area contributed by atoms with Gasteiger partial charge in [-0.1, -0.05) is 0 Å². The van der Waals surface area contributed by atoms with E-state index in [1.807, 2.05) is 24.3 Å². The number of aromatic amines is 1. The fourth-order valence-corrected chi connectivity index (χ4v) is 2.96. The highest BCUT2D eigenvalue weighted by molar-refractivity contribution is 5.89. The van der Waals surface area contributed by atoms with Crippen LogP contribution in [0.4, 0.5) is 5.95 Å². The molecule has 24 heavy (non-hydrogen) atoms. The van der Waals surface area contributed by atoms with Gasteiger partial charge in [0.2, 0.25) is 11.9 Å². The molecule has 0 atom stereocenters. The molecule has 0 spiro atoms. The molecule has 6 heteroatoms. The van der Waals surface area contributed by atoms with Gasteiger partial charge in [0.15, 0.2) is 0 Å². The van der Waals surface area contributed by atoms with E-state index in [4.69, 9.17) is 4.74 Å². The van der Waals surface area contributed by atoms with Crippen LogP contribution in [-0.4, -0.2) is 47.5 Å². The molecule has 1 amide bonds. The van der Waals surface area contributed by atoms with Gasteiger partial charge in [0.25, 0.3) is 0 Å². The maximum atomic E-state index is 12.0. The summed E-state index contributed by atoms with van der Waals surface area (Å²) in [5.41, 5.74) is 1.77. The Labute approximate surface area is 142 Å². The molecule has 1 aliphatic rings. The zero-order chi connectivity index (χ0) is 16.8. The molecule has 128 valence electrons. The molecule has 2 aromatic rings. The van der Waals surface area contributed by atoms with Crippen molar-refractivity contribution in [3.05, 3.63) is 30.5 Å². The first kappa shape index (κ1) is 16.5. The number of nitrogens with one attached hydrogen (secondary N) is 2. The highest BCUT2D eigenvalue weighted by Gasteiger charge is 2.12. The molecular weight excluding hydrogens is 304 g/mol. The van der Waals surface area contributed by atoms with Gasteiger partial charge >= 0.3 is 0 Å². The second-order valence-corrected chi connectivity index (χ2v) is 6.06. The minimum atomic E-state index is 0.00447. The number of amides is 1.